The SMILES string of the molecule is CCc1oncc1C(=O)NOc1cc(F)ccc1F. The fourth-order valence-electron chi connectivity index (χ4n) is 1.42. The van der Waals surface area contributed by atoms with Crippen molar-refractivity contribution in [2.75, 3.05) is 0 Å². The molecule has 0 unspecified atom stereocenters. The van der Waals surface area contributed by atoms with E-state index in [1.54, 1.807) is 6.92 Å². The van der Waals surface area contributed by atoms with E-state index in [2.05, 4.69) is 5.16 Å². The number of nitrogens with zero attached hydrogens (tertiary/aromatic N) is 1. The third kappa shape index (κ3) is 2.87. The summed E-state index contributed by atoms with van der Waals surface area (Å²) in [7, 11) is 0. The van der Waals surface area contributed by atoms with Gasteiger partial charge in [-0.3, -0.25) is 4.79 Å². The molecule has 0 saturated carbocycles. The van der Waals surface area contributed by atoms with Crippen LogP contribution in [0.1, 0.15) is 23.0 Å². The summed E-state index contributed by atoms with van der Waals surface area (Å²) in [5, 5.41) is 3.48. The number of halogens is 2. The number of hydrogen-bond acceptors (Lipinski definition) is 4. The number of aryl methyl sites for hydroxylation is 1. The van der Waals surface area contributed by atoms with Gasteiger partial charge in [0.2, 0.25) is 0 Å². The summed E-state index contributed by atoms with van der Waals surface area (Å²) in [4.78, 5) is 16.4. The summed E-state index contributed by atoms with van der Waals surface area (Å²) in [6.45, 7) is 1.78. The van der Waals surface area contributed by atoms with Gasteiger partial charge < -0.3 is 9.36 Å². The summed E-state index contributed by atoms with van der Waals surface area (Å²) < 4.78 is 30.9. The van der Waals surface area contributed by atoms with Crippen molar-refractivity contribution in [3.05, 3.63) is 47.4 Å². The molecule has 1 aromatic heterocycles. The first kappa shape index (κ1) is 13.0. The molecule has 19 heavy (non-hydrogen) atoms. The highest BCUT2D eigenvalue weighted by Crippen LogP contribution is 2.17. The molecule has 0 saturated heterocycles. The van der Waals surface area contributed by atoms with Gasteiger partial charge >= 0.3 is 0 Å². The van der Waals surface area contributed by atoms with E-state index in [0.29, 0.717) is 12.2 Å². The number of nitrogens with one attached hydrogen (secondary N) is 1. The maximum absolute atomic E-state index is 13.2. The van der Waals surface area contributed by atoms with E-state index in [1.165, 1.54) is 6.20 Å². The van der Waals surface area contributed by atoms with E-state index in [-0.39, 0.29) is 5.56 Å². The third-order valence-corrected chi connectivity index (χ3v) is 2.36. The first-order valence-electron chi connectivity index (χ1n) is 5.47. The molecule has 2 rings (SSSR count). The Bertz CT molecular complexity index is 598. The Balaban J connectivity index is 2.06. The quantitative estimate of drug-likeness (QED) is 0.864. The van der Waals surface area contributed by atoms with E-state index in [1.807, 2.05) is 5.48 Å². The summed E-state index contributed by atoms with van der Waals surface area (Å²) in [5.41, 5.74) is 2.18. The summed E-state index contributed by atoms with van der Waals surface area (Å²) in [5.74, 6) is -2.15. The van der Waals surface area contributed by atoms with Crippen LogP contribution in [0.5, 0.6) is 5.75 Å². The van der Waals surface area contributed by atoms with Gasteiger partial charge in [0, 0.05) is 12.5 Å². The maximum atomic E-state index is 13.2. The number of amides is 1. The second-order valence-corrected chi connectivity index (χ2v) is 3.62. The second kappa shape index (κ2) is 5.47. The van der Waals surface area contributed by atoms with Gasteiger partial charge in [-0.15, -0.1) is 0 Å². The van der Waals surface area contributed by atoms with E-state index in [0.717, 1.165) is 18.2 Å². The molecule has 7 heteroatoms. The van der Waals surface area contributed by atoms with Crippen LogP contribution in [-0.4, -0.2) is 11.1 Å². The van der Waals surface area contributed by atoms with Gasteiger partial charge in [0.15, 0.2) is 11.6 Å². The zero-order valence-electron chi connectivity index (χ0n) is 9.94. The van der Waals surface area contributed by atoms with Gasteiger partial charge in [0.05, 0.1) is 6.20 Å². The molecule has 5 nitrogen and oxygen atoms in total. The average Bonchev–Trinajstić information content (AvgIpc) is 2.88. The fraction of sp³-hybridized carbons (Fsp3) is 0.167. The Hall–Kier alpha value is -2.44. The smallest absolute Gasteiger partial charge is 0.289 e. The van der Waals surface area contributed by atoms with Gasteiger partial charge in [-0.05, 0) is 12.1 Å². The largest absolute Gasteiger partial charge is 0.376 e. The Morgan fingerprint density at radius 3 is 3.00 bits per heavy atom. The Morgan fingerprint density at radius 1 is 1.47 bits per heavy atom. The number of hydrogen-bond donors (Lipinski definition) is 1. The number of carbonyl (C=O) groups excluding carboxylic acids is 1. The van der Waals surface area contributed by atoms with Crippen molar-refractivity contribution in [2.45, 2.75) is 13.3 Å². The molecule has 1 heterocycles. The number of aromatic nitrogens is 1. The molecule has 1 N–H and O–H groups in total. The topological polar surface area (TPSA) is 64.4 Å². The number of benzene rings is 1. The van der Waals surface area contributed by atoms with Crippen LogP contribution in [0.25, 0.3) is 0 Å². The zero-order valence-corrected chi connectivity index (χ0v) is 9.94. The predicted octanol–water partition coefficient (Wildman–Crippen LogP) is 2.24. The lowest BCUT2D eigenvalue weighted by molar-refractivity contribution is 0.0749. The third-order valence-electron chi connectivity index (χ3n) is 2.36. The van der Waals surface area contributed by atoms with Crippen molar-refractivity contribution in [3.8, 4) is 5.75 Å². The van der Waals surface area contributed by atoms with Crippen LogP contribution in [0.4, 0.5) is 8.78 Å². The molecule has 100 valence electrons. The minimum absolute atomic E-state index is 0.180. The van der Waals surface area contributed by atoms with Crippen LogP contribution in [0.15, 0.2) is 28.9 Å². The van der Waals surface area contributed by atoms with Crippen molar-refractivity contribution in [3.63, 3.8) is 0 Å². The van der Waals surface area contributed by atoms with Crippen molar-refractivity contribution in [1.82, 2.24) is 10.6 Å². The molecule has 0 bridgehead atoms. The van der Waals surface area contributed by atoms with Gasteiger partial charge in [-0.2, -0.15) is 5.48 Å². The van der Waals surface area contributed by atoms with Crippen molar-refractivity contribution in [2.24, 2.45) is 0 Å². The number of carbonyl (C=O) groups is 1. The number of rotatable bonds is 4. The van der Waals surface area contributed by atoms with E-state index < -0.39 is 23.3 Å². The molecular formula is C12H10F2N2O3. The van der Waals surface area contributed by atoms with Gasteiger partial charge in [-0.1, -0.05) is 12.1 Å². The maximum Gasteiger partial charge on any atom is 0.289 e. The molecule has 1 amide bonds. The van der Waals surface area contributed by atoms with E-state index >= 15 is 0 Å². The van der Waals surface area contributed by atoms with Crippen LogP contribution in [0, 0.1) is 11.6 Å². The molecule has 1 aromatic carbocycles. The summed E-state index contributed by atoms with van der Waals surface area (Å²) in [6.07, 6.45) is 1.69. The average molecular weight is 268 g/mol. The Kier molecular flexibility index (Phi) is 3.74. The highest BCUT2D eigenvalue weighted by molar-refractivity contribution is 5.94. The highest BCUT2D eigenvalue weighted by Gasteiger charge is 2.16. The number of hydroxylamine groups is 1. The van der Waals surface area contributed by atoms with Gasteiger partial charge in [-0.25, -0.2) is 8.78 Å². The molecule has 0 aliphatic rings. The van der Waals surface area contributed by atoms with Crippen LogP contribution >= 0.6 is 0 Å². The molecule has 0 aliphatic carbocycles. The predicted molar refractivity (Wildman–Crippen MR) is 60.3 cm³/mol. The fourth-order valence-corrected chi connectivity index (χ4v) is 1.42. The Morgan fingerprint density at radius 2 is 2.26 bits per heavy atom. The molecule has 0 fully saturated rings. The molecule has 0 aliphatic heterocycles. The first-order valence-corrected chi connectivity index (χ1v) is 5.47. The van der Waals surface area contributed by atoms with Crippen LogP contribution in [0.2, 0.25) is 0 Å². The summed E-state index contributed by atoms with van der Waals surface area (Å²) >= 11 is 0. The van der Waals surface area contributed by atoms with Crippen LogP contribution < -0.4 is 10.3 Å². The molecular weight excluding hydrogens is 258 g/mol. The second-order valence-electron chi connectivity index (χ2n) is 3.62. The first-order chi connectivity index (χ1) is 9.11. The minimum atomic E-state index is -0.789. The highest BCUT2D eigenvalue weighted by atomic mass is 19.1. The standard InChI is InChI=1S/C12H10F2N2O3/c1-2-10-8(6-15-18-10)12(17)16-19-11-5-7(13)3-4-9(11)14/h3-6H,2H2,1H3,(H,16,17). The lowest BCUT2D eigenvalue weighted by Gasteiger charge is -2.07. The van der Waals surface area contributed by atoms with Crippen molar-refractivity contribution >= 4 is 5.91 Å². The van der Waals surface area contributed by atoms with Crippen LogP contribution in [-0.2, 0) is 6.42 Å². The van der Waals surface area contributed by atoms with Crippen LogP contribution in [0.3, 0.4) is 0 Å². The minimum Gasteiger partial charge on any atom is -0.376 e. The van der Waals surface area contributed by atoms with Crippen molar-refractivity contribution in [1.29, 1.82) is 0 Å². The normalized spacial score (nSPS) is 10.3. The zero-order chi connectivity index (χ0) is 13.8. The van der Waals surface area contributed by atoms with E-state index in [4.69, 9.17) is 9.36 Å². The molecule has 0 atom stereocenters. The lowest BCUT2D eigenvalue weighted by Crippen LogP contribution is -2.27. The Labute approximate surface area is 107 Å². The summed E-state index contributed by atoms with van der Waals surface area (Å²) in [6, 6.07) is 2.66. The van der Waals surface area contributed by atoms with E-state index in [9.17, 15) is 13.6 Å². The monoisotopic (exact) mass is 268 g/mol. The molecule has 0 radical (unpaired) electrons. The molecule has 0 spiro atoms. The van der Waals surface area contributed by atoms with Gasteiger partial charge in [0.25, 0.3) is 5.91 Å². The molecule has 2 aromatic rings. The van der Waals surface area contributed by atoms with Gasteiger partial charge in [0.1, 0.15) is 17.1 Å². The van der Waals surface area contributed by atoms with Crippen molar-refractivity contribution < 1.29 is 22.9 Å². The lowest BCUT2D eigenvalue weighted by atomic mass is 10.2.